The second kappa shape index (κ2) is 7.99. The minimum Gasteiger partial charge on any atom is -0.370 e. The average molecular weight is 470 g/mol. The highest BCUT2D eigenvalue weighted by Gasteiger charge is 2.40. The molecule has 2 saturated heterocycles. The molecule has 0 saturated carbocycles. The summed E-state index contributed by atoms with van der Waals surface area (Å²) in [7, 11) is -4.74. The number of nitrogens with zero attached hydrogens (tertiary/aromatic N) is 1. The summed E-state index contributed by atoms with van der Waals surface area (Å²) in [5, 5.41) is 12.7. The Morgan fingerprint density at radius 3 is 2.16 bits per heavy atom. The third-order valence-electron chi connectivity index (χ3n) is 5.49. The monoisotopic (exact) mass is 470 g/mol. The summed E-state index contributed by atoms with van der Waals surface area (Å²) >= 11 is 0. The summed E-state index contributed by atoms with van der Waals surface area (Å²) in [6.07, 6.45) is -5.94. The highest BCUT2D eigenvalue weighted by molar-refractivity contribution is 7.89. The quantitative estimate of drug-likeness (QED) is 0.250. The van der Waals surface area contributed by atoms with Crippen molar-refractivity contribution in [1.82, 2.24) is 26.8 Å². The Kier molecular flexibility index (Phi) is 5.60. The van der Waals surface area contributed by atoms with Crippen LogP contribution >= 0.6 is 0 Å². The van der Waals surface area contributed by atoms with Gasteiger partial charge in [0, 0.05) is 24.6 Å². The molecule has 2 heterocycles. The molecule has 172 valence electrons. The zero-order valence-electron chi connectivity index (χ0n) is 16.5. The largest absolute Gasteiger partial charge is 0.417 e. The van der Waals surface area contributed by atoms with Crippen molar-refractivity contribution in [3.8, 4) is 11.1 Å². The fraction of sp³-hybridized carbons (Fsp3) is 0.278. The summed E-state index contributed by atoms with van der Waals surface area (Å²) in [4.78, 5) is 0.709. The van der Waals surface area contributed by atoms with E-state index in [2.05, 4.69) is 21.9 Å². The van der Waals surface area contributed by atoms with Gasteiger partial charge < -0.3 is 10.6 Å². The molecule has 0 atom stereocenters. The molecule has 32 heavy (non-hydrogen) atoms. The maximum atomic E-state index is 13.6. The number of alkyl halides is 3. The zero-order chi connectivity index (χ0) is 23.3. The molecule has 0 radical (unpaired) electrons. The van der Waals surface area contributed by atoms with Gasteiger partial charge in [-0.1, -0.05) is 30.3 Å². The number of likely N-dealkylation sites (tertiary alicyclic amines) is 1. The van der Waals surface area contributed by atoms with Crippen LogP contribution in [0.25, 0.3) is 11.1 Å². The zero-order valence-corrected chi connectivity index (χ0v) is 17.3. The fourth-order valence-corrected chi connectivity index (χ4v) is 4.91. The van der Waals surface area contributed by atoms with Gasteiger partial charge in [0.05, 0.1) is 5.56 Å². The Bertz CT molecular complexity index is 1140. The van der Waals surface area contributed by atoms with Gasteiger partial charge in [-0.2, -0.15) is 24.2 Å². The molecule has 0 amide bonds. The lowest BCUT2D eigenvalue weighted by atomic mass is 9.89. The predicted molar refractivity (Wildman–Crippen MR) is 110 cm³/mol. The summed E-state index contributed by atoms with van der Waals surface area (Å²) in [5.41, 5.74) is 15.9. The Morgan fingerprint density at radius 2 is 1.66 bits per heavy atom. The molecule has 10 nitrogen and oxygen atoms in total. The van der Waals surface area contributed by atoms with Crippen LogP contribution in [-0.4, -0.2) is 32.4 Å². The molecular weight excluding hydrogens is 449 g/mol. The molecule has 0 aliphatic carbocycles. The summed E-state index contributed by atoms with van der Waals surface area (Å²) < 4.78 is 65.5. The molecule has 14 heteroatoms. The lowest BCUT2D eigenvalue weighted by molar-refractivity contribution is -0.140. The van der Waals surface area contributed by atoms with E-state index in [4.69, 9.17) is 16.3 Å². The Hall–Kier alpha value is -2.75. The Labute approximate surface area is 181 Å². The summed E-state index contributed by atoms with van der Waals surface area (Å²) in [5.74, 6) is 0.174. The molecule has 0 spiro atoms. The molecule has 2 aliphatic rings. The lowest BCUT2D eigenvalue weighted by Gasteiger charge is -2.39. The second-order valence-corrected chi connectivity index (χ2v) is 9.03. The molecule has 4 rings (SSSR count). The second-order valence-electron chi connectivity index (χ2n) is 7.53. The van der Waals surface area contributed by atoms with Gasteiger partial charge in [0.2, 0.25) is 10.0 Å². The third-order valence-corrected chi connectivity index (χ3v) is 6.49. The molecule has 9 N–H and O–H groups in total. The first-order valence-electron chi connectivity index (χ1n) is 9.44. The van der Waals surface area contributed by atoms with E-state index in [1.54, 1.807) is 17.0 Å². The van der Waals surface area contributed by atoms with E-state index in [1.165, 1.54) is 6.07 Å². The maximum absolute atomic E-state index is 13.6. The number of primary sulfonamides is 1. The molecule has 0 unspecified atom stereocenters. The number of hydrogen-bond acceptors (Lipinski definition) is 7. The van der Waals surface area contributed by atoms with Crippen molar-refractivity contribution >= 4 is 16.0 Å². The van der Waals surface area contributed by atoms with Crippen LogP contribution in [0.3, 0.4) is 0 Å². The van der Waals surface area contributed by atoms with Gasteiger partial charge in [-0.15, -0.1) is 0 Å². The van der Waals surface area contributed by atoms with E-state index >= 15 is 0 Å². The van der Waals surface area contributed by atoms with Crippen molar-refractivity contribution < 1.29 is 21.6 Å². The highest BCUT2D eigenvalue weighted by atomic mass is 32.2. The van der Waals surface area contributed by atoms with Gasteiger partial charge in [0.15, 0.2) is 5.96 Å². The van der Waals surface area contributed by atoms with Crippen LogP contribution in [0.2, 0.25) is 0 Å². The molecule has 0 aromatic heterocycles. The van der Waals surface area contributed by atoms with Crippen molar-refractivity contribution in [2.75, 3.05) is 13.1 Å². The van der Waals surface area contributed by atoms with Crippen molar-refractivity contribution in [2.45, 2.75) is 23.2 Å². The van der Waals surface area contributed by atoms with Crippen LogP contribution in [0.4, 0.5) is 13.2 Å². The number of nitrogens with two attached hydrogens (primary N) is 2. The molecular formula is C18H21F3N8O2S. The average Bonchev–Trinajstić information content (AvgIpc) is 3.19. The van der Waals surface area contributed by atoms with E-state index in [1.807, 2.05) is 12.1 Å². The number of guanidine groups is 1. The van der Waals surface area contributed by atoms with E-state index in [0.29, 0.717) is 18.7 Å². The van der Waals surface area contributed by atoms with Gasteiger partial charge in [-0.05, 0) is 22.8 Å². The smallest absolute Gasteiger partial charge is 0.370 e. The van der Waals surface area contributed by atoms with Gasteiger partial charge in [-0.3, -0.25) is 5.41 Å². The number of nitrogens with one attached hydrogen (secondary N) is 5. The highest BCUT2D eigenvalue weighted by Crippen LogP contribution is 2.41. The Morgan fingerprint density at radius 1 is 1.06 bits per heavy atom. The molecule has 2 aliphatic heterocycles. The van der Waals surface area contributed by atoms with Gasteiger partial charge in [0.1, 0.15) is 11.1 Å². The van der Waals surface area contributed by atoms with Crippen LogP contribution in [0, 0.1) is 5.41 Å². The summed E-state index contributed by atoms with van der Waals surface area (Å²) in [6.45, 7) is 1.20. The van der Waals surface area contributed by atoms with Crippen LogP contribution in [0.5, 0.6) is 0 Å². The van der Waals surface area contributed by atoms with E-state index in [9.17, 15) is 21.6 Å². The molecule has 2 fully saturated rings. The molecule has 2 aromatic rings. The number of benzene rings is 2. The number of sulfonamides is 1. The normalized spacial score (nSPS) is 18.1. The SMILES string of the molecule is N=C(N)N1CC(c2ccc(-c3ccc(C(F)(F)F)c(S(N)(=O)=O)c3C3NNNN3)cc2)C1. The Balaban J connectivity index is 1.80. The number of rotatable bonds is 4. The first-order valence-corrected chi connectivity index (χ1v) is 11.0. The lowest BCUT2D eigenvalue weighted by Crippen LogP contribution is -2.51. The standard InChI is InChI=1S/C18H21F3N8O2S/c19-18(20,21)13-6-5-12(14(15(13)32(24,30)31)16-25-27-28-26-16)10-3-1-9(2-4-10)11-7-29(8-11)17(22)23/h1-6,11,16,25-28H,7-8H2,(H3,22,23)(H2,24,30,31). The van der Waals surface area contributed by atoms with Crippen molar-refractivity contribution in [3.63, 3.8) is 0 Å². The van der Waals surface area contributed by atoms with E-state index in [-0.39, 0.29) is 23.0 Å². The molecule has 2 aromatic carbocycles. The van der Waals surface area contributed by atoms with Crippen molar-refractivity contribution in [3.05, 3.63) is 53.1 Å². The van der Waals surface area contributed by atoms with Crippen LogP contribution < -0.4 is 32.8 Å². The third kappa shape index (κ3) is 4.15. The summed E-state index contributed by atoms with van der Waals surface area (Å²) in [6, 6.07) is 9.01. The minimum atomic E-state index is -4.93. The van der Waals surface area contributed by atoms with Crippen LogP contribution in [-0.2, 0) is 16.2 Å². The maximum Gasteiger partial charge on any atom is 0.417 e. The van der Waals surface area contributed by atoms with Crippen LogP contribution in [0.1, 0.15) is 28.8 Å². The predicted octanol–water partition coefficient (Wildman–Crippen LogP) is 0.428. The van der Waals surface area contributed by atoms with Crippen molar-refractivity contribution in [1.29, 1.82) is 5.41 Å². The molecule has 0 bridgehead atoms. The van der Waals surface area contributed by atoms with E-state index < -0.39 is 32.8 Å². The van der Waals surface area contributed by atoms with Gasteiger partial charge in [0.25, 0.3) is 0 Å². The van der Waals surface area contributed by atoms with E-state index in [0.717, 1.165) is 11.6 Å². The van der Waals surface area contributed by atoms with Crippen LogP contribution in [0.15, 0.2) is 41.3 Å². The topological polar surface area (TPSA) is 161 Å². The minimum absolute atomic E-state index is 0.00146. The first kappa shape index (κ1) is 22.4. The number of hydrazine groups is 3. The van der Waals surface area contributed by atoms with Gasteiger partial charge in [-0.25, -0.2) is 24.4 Å². The van der Waals surface area contributed by atoms with Crippen molar-refractivity contribution in [2.24, 2.45) is 10.9 Å². The fourth-order valence-electron chi connectivity index (χ4n) is 3.89. The number of halogens is 3. The number of hydrogen-bond donors (Lipinski definition) is 7. The first-order chi connectivity index (χ1) is 15.0. The van der Waals surface area contributed by atoms with Gasteiger partial charge >= 0.3 is 6.18 Å².